The normalized spacial score (nSPS) is 20.5. The molecule has 0 bridgehead atoms. The Morgan fingerprint density at radius 2 is 1.87 bits per heavy atom. The Bertz CT molecular complexity index is 1450. The van der Waals surface area contributed by atoms with Gasteiger partial charge in [-0.3, -0.25) is 19.5 Å². The molecule has 0 aliphatic carbocycles. The number of nitrogens with zero attached hydrogens (tertiary/aromatic N) is 6. The van der Waals surface area contributed by atoms with Crippen molar-refractivity contribution in [2.45, 2.75) is 69.7 Å². The molecule has 0 N–H and O–H groups in total. The highest BCUT2D eigenvalue weighted by atomic mass is 32.1. The van der Waals surface area contributed by atoms with Gasteiger partial charge in [0, 0.05) is 53.4 Å². The molecule has 9 nitrogen and oxygen atoms in total. The Balaban J connectivity index is 1.34. The van der Waals surface area contributed by atoms with Crippen LogP contribution in [-0.4, -0.2) is 114 Å². The fraction of sp³-hybridized carbons (Fsp3) is 0.543. The van der Waals surface area contributed by atoms with E-state index in [2.05, 4.69) is 60.9 Å². The number of carbonyl (C=O) groups excluding carboxylic acids is 2. The van der Waals surface area contributed by atoms with Gasteiger partial charge >= 0.3 is 0 Å². The molecule has 0 radical (unpaired) electrons. The summed E-state index contributed by atoms with van der Waals surface area (Å²) in [4.78, 5) is 46.7. The Labute approximate surface area is 271 Å². The Hall–Kier alpha value is -3.34. The fourth-order valence-corrected chi connectivity index (χ4v) is 7.39. The molecule has 2 aromatic heterocycles. The van der Waals surface area contributed by atoms with Gasteiger partial charge in [-0.2, -0.15) is 0 Å². The molecule has 1 unspecified atom stereocenters. The zero-order valence-corrected chi connectivity index (χ0v) is 28.4. The summed E-state index contributed by atoms with van der Waals surface area (Å²) in [6.07, 6.45) is 7.19. The molecule has 1 aromatic carbocycles. The lowest BCUT2D eigenvalue weighted by Crippen LogP contribution is -2.62. The van der Waals surface area contributed by atoms with Crippen molar-refractivity contribution < 1.29 is 14.3 Å². The van der Waals surface area contributed by atoms with Crippen molar-refractivity contribution in [1.82, 2.24) is 24.6 Å². The van der Waals surface area contributed by atoms with Gasteiger partial charge in [0.05, 0.1) is 6.04 Å². The van der Waals surface area contributed by atoms with Crippen molar-refractivity contribution in [3.8, 4) is 0 Å². The maximum absolute atomic E-state index is 14.2. The van der Waals surface area contributed by atoms with Crippen LogP contribution in [0.5, 0.6) is 0 Å². The van der Waals surface area contributed by atoms with Gasteiger partial charge < -0.3 is 19.4 Å². The lowest BCUT2D eigenvalue weighted by atomic mass is 9.93. The van der Waals surface area contributed by atoms with Gasteiger partial charge in [-0.1, -0.05) is 36.8 Å². The molecule has 45 heavy (non-hydrogen) atoms. The number of piperazine rings is 1. The zero-order valence-electron chi connectivity index (χ0n) is 27.6. The number of hydrogen-bond acceptors (Lipinski definition) is 9. The topological polar surface area (TPSA) is 81.6 Å². The van der Waals surface area contributed by atoms with E-state index in [-0.39, 0.29) is 23.8 Å². The fourth-order valence-electron chi connectivity index (χ4n) is 6.36. The minimum Gasteiger partial charge on any atom is -0.454 e. The number of amides is 1. The number of thiophene rings is 1. The highest BCUT2D eigenvalue weighted by Gasteiger charge is 2.44. The number of ether oxygens (including phenoxy) is 1. The van der Waals surface area contributed by atoms with E-state index >= 15 is 0 Å². The third-order valence-corrected chi connectivity index (χ3v) is 10.1. The third kappa shape index (κ3) is 7.91. The number of carbonyl (C=O) groups is 2. The van der Waals surface area contributed by atoms with E-state index < -0.39 is 11.6 Å². The van der Waals surface area contributed by atoms with Crippen LogP contribution in [-0.2, 0) is 20.7 Å². The van der Waals surface area contributed by atoms with Crippen LogP contribution in [0.15, 0.2) is 59.9 Å². The molecule has 10 heteroatoms. The summed E-state index contributed by atoms with van der Waals surface area (Å²) in [5, 5.41) is 1.10. The second-order valence-corrected chi connectivity index (χ2v) is 14.5. The van der Waals surface area contributed by atoms with Crippen LogP contribution >= 0.6 is 11.3 Å². The van der Waals surface area contributed by atoms with Gasteiger partial charge in [0.2, 0.25) is 5.91 Å². The number of ketones is 1. The van der Waals surface area contributed by atoms with Crippen LogP contribution in [0.1, 0.15) is 56.1 Å². The summed E-state index contributed by atoms with van der Waals surface area (Å²) >= 11 is 1.70. The SMILES string of the molecule is CN(C)CCCC[C@H](C(=O)N1CCN(C2=NC(C)(C)C(c3ccccc3)O2)C[C@H]1C(=O)CCc1cc2cnccc2s1)N(C)C. The summed E-state index contributed by atoms with van der Waals surface area (Å²) in [5.74, 6) is 0.110. The molecule has 4 heterocycles. The number of Topliss-reactive ketones (excluding diaryl/α,β-unsaturated/α-hetero) is 1. The van der Waals surface area contributed by atoms with E-state index in [0.29, 0.717) is 38.5 Å². The summed E-state index contributed by atoms with van der Waals surface area (Å²) in [6, 6.07) is 14.0. The quantitative estimate of drug-likeness (QED) is 0.264. The highest BCUT2D eigenvalue weighted by molar-refractivity contribution is 7.19. The van der Waals surface area contributed by atoms with Gasteiger partial charge in [-0.25, -0.2) is 4.99 Å². The number of rotatable bonds is 12. The molecule has 1 saturated heterocycles. The second kappa shape index (κ2) is 14.4. The van der Waals surface area contributed by atoms with Crippen molar-refractivity contribution in [2.24, 2.45) is 4.99 Å². The first kappa shape index (κ1) is 33.0. The van der Waals surface area contributed by atoms with Crippen LogP contribution in [0, 0.1) is 0 Å². The number of unbranched alkanes of at least 4 members (excludes halogenated alkanes) is 1. The van der Waals surface area contributed by atoms with Crippen LogP contribution in [0.4, 0.5) is 0 Å². The van der Waals surface area contributed by atoms with Gasteiger partial charge in [0.25, 0.3) is 6.02 Å². The van der Waals surface area contributed by atoms with Crippen molar-refractivity contribution in [3.05, 3.63) is 65.3 Å². The molecule has 3 aromatic rings. The first-order valence-electron chi connectivity index (χ1n) is 16.1. The third-order valence-electron chi connectivity index (χ3n) is 8.88. The lowest BCUT2D eigenvalue weighted by molar-refractivity contribution is -0.146. The number of benzene rings is 1. The Morgan fingerprint density at radius 3 is 2.58 bits per heavy atom. The van der Waals surface area contributed by atoms with Crippen LogP contribution < -0.4 is 0 Å². The van der Waals surface area contributed by atoms with E-state index in [0.717, 1.165) is 41.6 Å². The molecule has 3 atom stereocenters. The zero-order chi connectivity index (χ0) is 32.1. The second-order valence-electron chi connectivity index (χ2n) is 13.3. The van der Waals surface area contributed by atoms with Crippen molar-refractivity contribution in [2.75, 3.05) is 54.4 Å². The molecular weight excluding hydrogens is 584 g/mol. The van der Waals surface area contributed by atoms with E-state index in [1.54, 1.807) is 17.5 Å². The molecular formula is C35H48N6O3S. The number of hydrogen-bond donors (Lipinski definition) is 0. The summed E-state index contributed by atoms with van der Waals surface area (Å²) < 4.78 is 7.67. The van der Waals surface area contributed by atoms with Gasteiger partial charge in [0.1, 0.15) is 11.6 Å². The smallest absolute Gasteiger partial charge is 0.288 e. The maximum Gasteiger partial charge on any atom is 0.288 e. The monoisotopic (exact) mass is 632 g/mol. The molecule has 2 aliphatic rings. The largest absolute Gasteiger partial charge is 0.454 e. The van der Waals surface area contributed by atoms with Crippen LogP contribution in [0.25, 0.3) is 10.1 Å². The minimum absolute atomic E-state index is 0.0348. The van der Waals surface area contributed by atoms with Crippen molar-refractivity contribution >= 4 is 39.1 Å². The number of amidine groups is 1. The minimum atomic E-state index is -0.572. The summed E-state index contributed by atoms with van der Waals surface area (Å²) in [5.41, 5.74) is 0.617. The predicted molar refractivity (Wildman–Crippen MR) is 182 cm³/mol. The summed E-state index contributed by atoms with van der Waals surface area (Å²) in [6.45, 7) is 6.54. The average molecular weight is 633 g/mol. The lowest BCUT2D eigenvalue weighted by Gasteiger charge is -2.43. The van der Waals surface area contributed by atoms with E-state index in [1.165, 1.54) is 4.70 Å². The molecule has 1 fully saturated rings. The molecule has 242 valence electrons. The van der Waals surface area contributed by atoms with E-state index in [1.807, 2.05) is 54.4 Å². The number of fused-ring (bicyclic) bond motifs is 1. The van der Waals surface area contributed by atoms with Gasteiger partial charge in [0.15, 0.2) is 11.9 Å². The average Bonchev–Trinajstić information content (AvgIpc) is 3.59. The summed E-state index contributed by atoms with van der Waals surface area (Å²) in [7, 11) is 8.07. The van der Waals surface area contributed by atoms with E-state index in [9.17, 15) is 9.59 Å². The number of aromatic nitrogens is 1. The predicted octanol–water partition coefficient (Wildman–Crippen LogP) is 4.88. The van der Waals surface area contributed by atoms with Crippen LogP contribution in [0.2, 0.25) is 0 Å². The van der Waals surface area contributed by atoms with Gasteiger partial charge in [-0.05, 0) is 85.5 Å². The maximum atomic E-state index is 14.2. The Morgan fingerprint density at radius 1 is 1.09 bits per heavy atom. The first-order chi connectivity index (χ1) is 21.5. The molecule has 2 aliphatic heterocycles. The molecule has 1 amide bonds. The van der Waals surface area contributed by atoms with Crippen molar-refractivity contribution in [1.29, 1.82) is 0 Å². The van der Waals surface area contributed by atoms with Crippen molar-refractivity contribution in [3.63, 3.8) is 0 Å². The Kier molecular flexibility index (Phi) is 10.6. The molecule has 0 saturated carbocycles. The number of aliphatic imine (C=N–C) groups is 1. The van der Waals surface area contributed by atoms with E-state index in [4.69, 9.17) is 9.73 Å². The molecule has 0 spiro atoms. The van der Waals surface area contributed by atoms with Crippen LogP contribution in [0.3, 0.4) is 0 Å². The highest BCUT2D eigenvalue weighted by Crippen LogP contribution is 2.38. The first-order valence-corrected chi connectivity index (χ1v) is 16.9. The number of aryl methyl sites for hydroxylation is 1. The molecule has 5 rings (SSSR count). The standard InChI is InChI=1S/C35H48N6O3S/c1-35(2)32(25-12-8-7-9-13-25)44-34(37-35)40-20-21-41(33(43)28(39(5)6)14-10-11-19-38(3)4)29(24-40)30(42)16-15-27-22-26-23-36-18-17-31(26)45-27/h7-9,12-13,17-18,22-23,28-29,32H,10-11,14-16,19-21,24H2,1-6H3/t28-,29+,32?/m1/s1. The van der Waals surface area contributed by atoms with Gasteiger partial charge in [-0.15, -0.1) is 11.3 Å². The number of likely N-dealkylation sites (N-methyl/N-ethyl adjacent to an activating group) is 1. The number of pyridine rings is 1.